The fourth-order valence-electron chi connectivity index (χ4n) is 4.70. The molecule has 9 heteroatoms. The average molecular weight is 496 g/mol. The number of carbonyl (C=O) groups excluding carboxylic acids is 2. The number of nitrogens with zero attached hydrogens (tertiary/aromatic N) is 1. The van der Waals surface area contributed by atoms with Gasteiger partial charge in [-0.25, -0.2) is 8.42 Å². The van der Waals surface area contributed by atoms with E-state index in [1.54, 1.807) is 38.0 Å². The van der Waals surface area contributed by atoms with Crippen molar-refractivity contribution in [1.82, 2.24) is 9.88 Å². The topological polar surface area (TPSA) is 123 Å². The van der Waals surface area contributed by atoms with E-state index in [-0.39, 0.29) is 32.6 Å². The number of fused-ring (bicyclic) bond motifs is 1. The first-order valence-electron chi connectivity index (χ1n) is 11.3. The van der Waals surface area contributed by atoms with Crippen molar-refractivity contribution < 1.29 is 22.7 Å². The molecule has 1 aliphatic heterocycles. The van der Waals surface area contributed by atoms with Gasteiger partial charge in [0.05, 0.1) is 12.0 Å². The molecule has 184 valence electrons. The van der Waals surface area contributed by atoms with Crippen molar-refractivity contribution in [2.24, 2.45) is 5.73 Å². The van der Waals surface area contributed by atoms with Crippen molar-refractivity contribution in [2.45, 2.75) is 49.9 Å². The number of ether oxygens (including phenoxy) is 1. The van der Waals surface area contributed by atoms with E-state index >= 15 is 0 Å². The van der Waals surface area contributed by atoms with Gasteiger partial charge in [-0.2, -0.15) is 0 Å². The van der Waals surface area contributed by atoms with Crippen LogP contribution in [0.2, 0.25) is 0 Å². The highest BCUT2D eigenvalue weighted by molar-refractivity contribution is 7.91. The first kappa shape index (κ1) is 24.5. The van der Waals surface area contributed by atoms with E-state index in [4.69, 9.17) is 10.5 Å². The summed E-state index contributed by atoms with van der Waals surface area (Å²) in [4.78, 5) is 30.1. The molecule has 0 atom stereocenters. The number of aromatic amines is 1. The molecule has 0 unspecified atom stereocenters. The van der Waals surface area contributed by atoms with E-state index in [9.17, 15) is 18.0 Å². The van der Waals surface area contributed by atoms with Crippen molar-refractivity contribution in [3.05, 3.63) is 75.6 Å². The molecule has 0 fully saturated rings. The Balaban J connectivity index is 1.76. The van der Waals surface area contributed by atoms with E-state index in [1.165, 1.54) is 6.92 Å². The number of aryl methyl sites for hydroxylation is 3. The highest BCUT2D eigenvalue weighted by Crippen LogP contribution is 2.32. The largest absolute Gasteiger partial charge is 0.497 e. The van der Waals surface area contributed by atoms with E-state index in [0.717, 1.165) is 40.8 Å². The number of nitrogens with one attached hydrogen (secondary N) is 1. The Morgan fingerprint density at radius 1 is 1.00 bits per heavy atom. The summed E-state index contributed by atoms with van der Waals surface area (Å²) < 4.78 is 32.5. The standard InChI is InChI=1S/C26H29N3O5S/c1-15-10-16(2)12-21(11-15)35(32,33)24-17(3)22(28-23(24)25(27)30)26(31)29-9-5-6-18-13-20(34-4)8-7-19(18)14-29/h7-8,10-13,28H,5-6,9,14H2,1-4H3,(H2,27,30). The number of hydrogen-bond acceptors (Lipinski definition) is 5. The Bertz CT molecular complexity index is 1420. The lowest BCUT2D eigenvalue weighted by atomic mass is 10.0. The second-order valence-corrected chi connectivity index (χ2v) is 10.9. The molecular formula is C26H29N3O5S. The van der Waals surface area contributed by atoms with Gasteiger partial charge in [-0.3, -0.25) is 9.59 Å². The predicted octanol–water partition coefficient (Wildman–Crippen LogP) is 3.47. The summed E-state index contributed by atoms with van der Waals surface area (Å²) >= 11 is 0. The first-order valence-corrected chi connectivity index (χ1v) is 12.8. The van der Waals surface area contributed by atoms with Crippen LogP contribution >= 0.6 is 0 Å². The third kappa shape index (κ3) is 4.55. The third-order valence-electron chi connectivity index (χ3n) is 6.36. The Morgan fingerprint density at radius 2 is 1.69 bits per heavy atom. The number of carbonyl (C=O) groups is 2. The summed E-state index contributed by atoms with van der Waals surface area (Å²) in [5.74, 6) is -0.560. The molecule has 1 aliphatic rings. The lowest BCUT2D eigenvalue weighted by Gasteiger charge is -2.21. The van der Waals surface area contributed by atoms with Crippen LogP contribution in [0.15, 0.2) is 46.2 Å². The van der Waals surface area contributed by atoms with Crippen LogP contribution in [-0.4, -0.2) is 43.8 Å². The van der Waals surface area contributed by atoms with Gasteiger partial charge in [0.2, 0.25) is 9.84 Å². The Labute approximate surface area is 205 Å². The van der Waals surface area contributed by atoms with Crippen molar-refractivity contribution in [3.63, 3.8) is 0 Å². The summed E-state index contributed by atoms with van der Waals surface area (Å²) in [7, 11) is -2.50. The van der Waals surface area contributed by atoms with Crippen molar-refractivity contribution >= 4 is 21.7 Å². The SMILES string of the molecule is COc1ccc2c(c1)CCCN(C(=O)c1[nH]c(C(N)=O)c(S(=O)(=O)c3cc(C)cc(C)c3)c1C)C2. The van der Waals surface area contributed by atoms with Crippen molar-refractivity contribution in [1.29, 1.82) is 0 Å². The maximum absolute atomic E-state index is 13.6. The van der Waals surface area contributed by atoms with Gasteiger partial charge in [0.25, 0.3) is 11.8 Å². The van der Waals surface area contributed by atoms with Gasteiger partial charge in [-0.1, -0.05) is 12.1 Å². The maximum Gasteiger partial charge on any atom is 0.270 e. The lowest BCUT2D eigenvalue weighted by Crippen LogP contribution is -2.31. The Kier molecular flexibility index (Phi) is 6.46. The molecule has 2 aromatic carbocycles. The van der Waals surface area contributed by atoms with Gasteiger partial charge in [0, 0.05) is 13.1 Å². The van der Waals surface area contributed by atoms with Crippen LogP contribution in [0.1, 0.15) is 55.2 Å². The molecule has 3 aromatic rings. The lowest BCUT2D eigenvalue weighted by molar-refractivity contribution is 0.0740. The molecule has 0 saturated heterocycles. The molecule has 3 N–H and O–H groups in total. The molecule has 0 spiro atoms. The van der Waals surface area contributed by atoms with Crippen LogP contribution in [0.5, 0.6) is 5.75 Å². The quantitative estimate of drug-likeness (QED) is 0.561. The normalized spacial score (nSPS) is 13.8. The van der Waals surface area contributed by atoms with Crippen LogP contribution in [-0.2, 0) is 22.8 Å². The first-order chi connectivity index (χ1) is 16.5. The number of rotatable bonds is 5. The second kappa shape index (κ2) is 9.22. The van der Waals surface area contributed by atoms with Crippen LogP contribution in [0.4, 0.5) is 0 Å². The van der Waals surface area contributed by atoms with Gasteiger partial charge in [0.1, 0.15) is 22.0 Å². The number of hydrogen-bond donors (Lipinski definition) is 2. The number of nitrogens with two attached hydrogens (primary N) is 1. The summed E-state index contributed by atoms with van der Waals surface area (Å²) in [5, 5.41) is 0. The minimum atomic E-state index is -4.11. The molecule has 0 radical (unpaired) electrons. The molecule has 1 aromatic heterocycles. The van der Waals surface area contributed by atoms with Gasteiger partial charge in [-0.05, 0) is 85.7 Å². The average Bonchev–Trinajstić information content (AvgIpc) is 3.02. The molecule has 2 amide bonds. The molecule has 0 aliphatic carbocycles. The van der Waals surface area contributed by atoms with Crippen LogP contribution < -0.4 is 10.5 Å². The molecular weight excluding hydrogens is 466 g/mol. The molecule has 8 nitrogen and oxygen atoms in total. The number of primary amides is 1. The van der Waals surface area contributed by atoms with Gasteiger partial charge >= 0.3 is 0 Å². The summed E-state index contributed by atoms with van der Waals surface area (Å²) in [5.41, 5.74) is 9.16. The van der Waals surface area contributed by atoms with Crippen LogP contribution in [0, 0.1) is 20.8 Å². The zero-order valence-electron chi connectivity index (χ0n) is 20.3. The second-order valence-electron chi connectivity index (χ2n) is 8.99. The monoisotopic (exact) mass is 495 g/mol. The number of methoxy groups -OCH3 is 1. The summed E-state index contributed by atoms with van der Waals surface area (Å²) in [6, 6.07) is 10.7. The minimum absolute atomic E-state index is 0.0521. The van der Waals surface area contributed by atoms with Gasteiger partial charge in [0.15, 0.2) is 0 Å². The van der Waals surface area contributed by atoms with E-state index in [2.05, 4.69) is 4.98 Å². The molecule has 2 heterocycles. The van der Waals surface area contributed by atoms with Crippen molar-refractivity contribution in [3.8, 4) is 5.75 Å². The maximum atomic E-state index is 13.6. The zero-order chi connectivity index (χ0) is 25.5. The van der Waals surface area contributed by atoms with Gasteiger partial charge < -0.3 is 20.4 Å². The van der Waals surface area contributed by atoms with Gasteiger partial charge in [-0.15, -0.1) is 0 Å². The highest BCUT2D eigenvalue weighted by atomic mass is 32.2. The molecule has 0 saturated carbocycles. The number of aromatic nitrogens is 1. The Hall–Kier alpha value is -3.59. The van der Waals surface area contributed by atoms with E-state index in [1.807, 2.05) is 24.3 Å². The summed E-state index contributed by atoms with van der Waals surface area (Å²) in [6.07, 6.45) is 1.53. The van der Waals surface area contributed by atoms with Crippen LogP contribution in [0.25, 0.3) is 0 Å². The Morgan fingerprint density at radius 3 is 2.31 bits per heavy atom. The number of sulfone groups is 1. The van der Waals surface area contributed by atoms with E-state index < -0.39 is 15.7 Å². The highest BCUT2D eigenvalue weighted by Gasteiger charge is 2.33. The zero-order valence-corrected chi connectivity index (χ0v) is 21.1. The van der Waals surface area contributed by atoms with Crippen molar-refractivity contribution in [2.75, 3.05) is 13.7 Å². The summed E-state index contributed by atoms with van der Waals surface area (Å²) in [6.45, 7) is 5.98. The number of H-pyrrole nitrogens is 1. The molecule has 4 rings (SSSR count). The molecule has 0 bridgehead atoms. The number of amides is 2. The van der Waals surface area contributed by atoms with Crippen LogP contribution in [0.3, 0.4) is 0 Å². The number of benzene rings is 2. The smallest absolute Gasteiger partial charge is 0.270 e. The fourth-order valence-corrected chi connectivity index (χ4v) is 6.54. The fraction of sp³-hybridized carbons (Fsp3) is 0.308. The minimum Gasteiger partial charge on any atom is -0.497 e. The predicted molar refractivity (Wildman–Crippen MR) is 131 cm³/mol. The third-order valence-corrected chi connectivity index (χ3v) is 8.27. The van der Waals surface area contributed by atoms with E-state index in [0.29, 0.717) is 13.1 Å². The molecule has 35 heavy (non-hydrogen) atoms.